The maximum absolute atomic E-state index is 11.9. The fourth-order valence-corrected chi connectivity index (χ4v) is 4.52. The van der Waals surface area contributed by atoms with Crippen molar-refractivity contribution in [1.82, 2.24) is 16.2 Å². The lowest BCUT2D eigenvalue weighted by Gasteiger charge is -2.14. The van der Waals surface area contributed by atoms with Crippen LogP contribution in [0, 0.1) is 5.92 Å². The van der Waals surface area contributed by atoms with Crippen molar-refractivity contribution in [3.05, 3.63) is 23.8 Å². The molecular weight excluding hydrogens is 378 g/mol. The molecular formula is C16H23N3O5S2. The zero-order valence-corrected chi connectivity index (χ0v) is 16.3. The first-order chi connectivity index (χ1) is 12.3. The highest BCUT2D eigenvalue weighted by atomic mass is 32.2. The number of thiocarbonyl (C=S) groups is 1. The second-order valence-electron chi connectivity index (χ2n) is 5.91. The van der Waals surface area contributed by atoms with Crippen LogP contribution in [0.4, 0.5) is 0 Å². The van der Waals surface area contributed by atoms with E-state index in [0.717, 1.165) is 5.56 Å². The number of methoxy groups -OCH3 is 2. The largest absolute Gasteiger partial charge is 0.493 e. The molecule has 10 heteroatoms. The summed E-state index contributed by atoms with van der Waals surface area (Å²) in [5.41, 5.74) is 6.09. The Labute approximate surface area is 158 Å². The molecule has 0 spiro atoms. The van der Waals surface area contributed by atoms with Gasteiger partial charge in [-0.2, -0.15) is 0 Å². The summed E-state index contributed by atoms with van der Waals surface area (Å²) in [6.45, 7) is 0.551. The number of rotatable bonds is 6. The molecule has 1 aromatic carbocycles. The van der Waals surface area contributed by atoms with E-state index in [-0.39, 0.29) is 22.5 Å². The van der Waals surface area contributed by atoms with E-state index >= 15 is 0 Å². The highest BCUT2D eigenvalue weighted by Gasteiger charge is 2.32. The molecule has 0 bridgehead atoms. The van der Waals surface area contributed by atoms with Crippen molar-refractivity contribution >= 4 is 33.1 Å². The molecule has 1 aliphatic rings. The van der Waals surface area contributed by atoms with Crippen molar-refractivity contribution in [3.8, 4) is 11.5 Å². The van der Waals surface area contributed by atoms with Crippen LogP contribution in [-0.4, -0.2) is 51.7 Å². The van der Waals surface area contributed by atoms with Gasteiger partial charge in [-0.3, -0.25) is 15.6 Å². The van der Waals surface area contributed by atoms with E-state index in [0.29, 0.717) is 30.9 Å². The molecule has 26 heavy (non-hydrogen) atoms. The summed E-state index contributed by atoms with van der Waals surface area (Å²) in [6, 6.07) is 5.65. The van der Waals surface area contributed by atoms with Crippen LogP contribution in [-0.2, 0) is 21.1 Å². The number of hydrogen-bond donors (Lipinski definition) is 3. The Morgan fingerprint density at radius 2 is 1.96 bits per heavy atom. The normalized spacial score (nSPS) is 18.0. The van der Waals surface area contributed by atoms with E-state index in [2.05, 4.69) is 16.2 Å². The van der Waals surface area contributed by atoms with Gasteiger partial charge in [-0.1, -0.05) is 6.07 Å². The first-order valence-corrected chi connectivity index (χ1v) is 10.3. The average molecular weight is 402 g/mol. The molecule has 1 atom stereocenters. The Morgan fingerprint density at radius 3 is 2.58 bits per heavy atom. The minimum absolute atomic E-state index is 0.0547. The molecule has 144 valence electrons. The van der Waals surface area contributed by atoms with Crippen LogP contribution in [0.3, 0.4) is 0 Å². The molecule has 1 heterocycles. The maximum atomic E-state index is 11.9. The summed E-state index contributed by atoms with van der Waals surface area (Å²) in [4.78, 5) is 11.9. The monoisotopic (exact) mass is 401 g/mol. The molecule has 0 aliphatic carbocycles. The van der Waals surface area contributed by atoms with Gasteiger partial charge in [0.25, 0.3) is 0 Å². The minimum Gasteiger partial charge on any atom is -0.493 e. The van der Waals surface area contributed by atoms with Crippen molar-refractivity contribution in [2.75, 3.05) is 32.3 Å². The minimum atomic E-state index is -3.09. The van der Waals surface area contributed by atoms with Crippen molar-refractivity contribution in [1.29, 1.82) is 0 Å². The predicted molar refractivity (Wildman–Crippen MR) is 102 cm³/mol. The van der Waals surface area contributed by atoms with Crippen LogP contribution in [0.1, 0.15) is 12.0 Å². The summed E-state index contributed by atoms with van der Waals surface area (Å²) in [7, 11) is 0.0714. The lowest BCUT2D eigenvalue weighted by Crippen LogP contribution is -2.49. The fourth-order valence-electron chi connectivity index (χ4n) is 2.62. The Hall–Kier alpha value is -2.07. The zero-order chi connectivity index (χ0) is 19.2. The van der Waals surface area contributed by atoms with Crippen molar-refractivity contribution in [2.45, 2.75) is 12.8 Å². The van der Waals surface area contributed by atoms with Gasteiger partial charge in [-0.25, -0.2) is 8.42 Å². The molecule has 1 amide bonds. The molecule has 0 radical (unpaired) electrons. The average Bonchev–Trinajstić information content (AvgIpc) is 2.99. The Morgan fingerprint density at radius 1 is 1.23 bits per heavy atom. The standard InChI is InChI=1S/C16H23N3O5S2/c1-23-13-4-3-11(9-14(13)24-2)5-7-17-16(25)19-18-15(20)12-6-8-26(21,22)10-12/h3-4,9,12H,5-8,10H2,1-2H3,(H,18,20)(H2,17,19,25)/t12-/m1/s1. The summed E-state index contributed by atoms with van der Waals surface area (Å²) in [6.07, 6.45) is 1.03. The number of nitrogens with one attached hydrogen (secondary N) is 3. The third kappa shape index (κ3) is 5.73. The van der Waals surface area contributed by atoms with Crippen LogP contribution in [0.15, 0.2) is 18.2 Å². The first kappa shape index (κ1) is 20.2. The molecule has 0 saturated carbocycles. The molecule has 3 N–H and O–H groups in total. The van der Waals surface area contributed by atoms with Gasteiger partial charge in [0.2, 0.25) is 5.91 Å². The Kier molecular flexibility index (Phi) is 7.04. The van der Waals surface area contributed by atoms with Crippen molar-refractivity contribution in [3.63, 3.8) is 0 Å². The van der Waals surface area contributed by atoms with Gasteiger partial charge in [0.15, 0.2) is 26.4 Å². The summed E-state index contributed by atoms with van der Waals surface area (Å²) >= 11 is 5.10. The van der Waals surface area contributed by atoms with Gasteiger partial charge in [0.1, 0.15) is 0 Å². The van der Waals surface area contributed by atoms with Crippen LogP contribution in [0.5, 0.6) is 11.5 Å². The third-order valence-electron chi connectivity index (χ3n) is 4.05. The Balaban J connectivity index is 1.71. The molecule has 2 rings (SSSR count). The van der Waals surface area contributed by atoms with Gasteiger partial charge >= 0.3 is 0 Å². The SMILES string of the molecule is COc1ccc(CCNC(=S)NNC(=O)[C@@H]2CCS(=O)(=O)C2)cc1OC. The number of carbonyl (C=O) groups is 1. The zero-order valence-electron chi connectivity index (χ0n) is 14.7. The predicted octanol–water partition coefficient (Wildman–Crippen LogP) is 0.176. The van der Waals surface area contributed by atoms with E-state index < -0.39 is 15.8 Å². The second-order valence-corrected chi connectivity index (χ2v) is 8.55. The number of benzene rings is 1. The molecule has 1 saturated heterocycles. The number of sulfone groups is 1. The van der Waals surface area contributed by atoms with E-state index in [1.54, 1.807) is 14.2 Å². The van der Waals surface area contributed by atoms with E-state index in [1.807, 2.05) is 18.2 Å². The molecule has 1 aliphatic heterocycles. The summed E-state index contributed by atoms with van der Waals surface area (Å²) in [5, 5.41) is 3.24. The highest BCUT2D eigenvalue weighted by Crippen LogP contribution is 2.27. The van der Waals surface area contributed by atoms with Gasteiger partial charge in [0.05, 0.1) is 31.6 Å². The van der Waals surface area contributed by atoms with Crippen LogP contribution >= 0.6 is 12.2 Å². The lowest BCUT2D eigenvalue weighted by atomic mass is 10.1. The lowest BCUT2D eigenvalue weighted by molar-refractivity contribution is -0.124. The number of hydrogen-bond acceptors (Lipinski definition) is 6. The van der Waals surface area contributed by atoms with Gasteiger partial charge < -0.3 is 14.8 Å². The third-order valence-corrected chi connectivity index (χ3v) is 6.06. The quantitative estimate of drug-likeness (QED) is 0.458. The molecule has 8 nitrogen and oxygen atoms in total. The number of ether oxygens (including phenoxy) is 2. The van der Waals surface area contributed by atoms with Gasteiger partial charge in [-0.15, -0.1) is 0 Å². The fraction of sp³-hybridized carbons (Fsp3) is 0.500. The van der Waals surface area contributed by atoms with E-state index in [9.17, 15) is 13.2 Å². The van der Waals surface area contributed by atoms with Gasteiger partial charge in [-0.05, 0) is 42.8 Å². The second kappa shape index (κ2) is 9.04. The van der Waals surface area contributed by atoms with Crippen LogP contribution in [0.2, 0.25) is 0 Å². The first-order valence-electron chi connectivity index (χ1n) is 8.09. The summed E-state index contributed by atoms with van der Waals surface area (Å²) < 4.78 is 33.2. The molecule has 1 fully saturated rings. The number of amides is 1. The smallest absolute Gasteiger partial charge is 0.242 e. The Bertz CT molecular complexity index is 767. The van der Waals surface area contributed by atoms with Gasteiger partial charge in [0, 0.05) is 6.54 Å². The number of carbonyl (C=O) groups excluding carboxylic acids is 1. The topological polar surface area (TPSA) is 106 Å². The molecule has 0 aromatic heterocycles. The molecule has 1 aromatic rings. The molecule has 0 unspecified atom stereocenters. The van der Waals surface area contributed by atoms with Crippen molar-refractivity contribution in [2.24, 2.45) is 5.92 Å². The number of hydrazine groups is 1. The van der Waals surface area contributed by atoms with E-state index in [4.69, 9.17) is 21.7 Å². The highest BCUT2D eigenvalue weighted by molar-refractivity contribution is 7.91. The van der Waals surface area contributed by atoms with Crippen molar-refractivity contribution < 1.29 is 22.7 Å². The van der Waals surface area contributed by atoms with E-state index in [1.165, 1.54) is 0 Å². The summed E-state index contributed by atoms with van der Waals surface area (Å²) in [5.74, 6) is 0.374. The van der Waals surface area contributed by atoms with Crippen LogP contribution < -0.4 is 25.6 Å². The van der Waals surface area contributed by atoms with Crippen LogP contribution in [0.25, 0.3) is 0 Å². The maximum Gasteiger partial charge on any atom is 0.242 e.